The lowest BCUT2D eigenvalue weighted by atomic mass is 9.89. The van der Waals surface area contributed by atoms with E-state index < -0.39 is 0 Å². The lowest BCUT2D eigenvalue weighted by molar-refractivity contribution is 0.225. The molecule has 52 heavy (non-hydrogen) atoms. The van der Waals surface area contributed by atoms with Crippen LogP contribution in [0.15, 0.2) is 72.8 Å². The molecule has 1 saturated carbocycles. The molecule has 1 aliphatic heterocycles. The van der Waals surface area contributed by atoms with E-state index in [2.05, 4.69) is 66.0 Å². The summed E-state index contributed by atoms with van der Waals surface area (Å²) in [6.45, 7) is 8.21. The summed E-state index contributed by atoms with van der Waals surface area (Å²) in [7, 11) is 3.76. The van der Waals surface area contributed by atoms with E-state index in [1.165, 1.54) is 56.7 Å². The van der Waals surface area contributed by atoms with Crippen LogP contribution in [-0.2, 0) is 19.6 Å². The van der Waals surface area contributed by atoms with Crippen LogP contribution in [0.3, 0.4) is 0 Å². The molecule has 4 aromatic carbocycles. The summed E-state index contributed by atoms with van der Waals surface area (Å²) in [5, 5.41) is 19.7. The molecule has 2 fully saturated rings. The topological polar surface area (TPSA) is 72.4 Å². The maximum Gasteiger partial charge on any atom is 0.128 e. The van der Waals surface area contributed by atoms with Crippen molar-refractivity contribution in [3.8, 4) is 28.0 Å². The van der Waals surface area contributed by atoms with Gasteiger partial charge in [0.25, 0.3) is 0 Å². The van der Waals surface area contributed by atoms with E-state index in [0.717, 1.165) is 53.1 Å². The van der Waals surface area contributed by atoms with E-state index in [1.807, 2.05) is 36.4 Å². The van der Waals surface area contributed by atoms with Crippen molar-refractivity contribution in [2.45, 2.75) is 90.0 Å². The second kappa shape index (κ2) is 17.4. The largest absolute Gasteiger partial charge is 0.496 e. The van der Waals surface area contributed by atoms with Gasteiger partial charge in [0.2, 0.25) is 0 Å². The van der Waals surface area contributed by atoms with Gasteiger partial charge in [-0.2, -0.15) is 0 Å². The molecule has 1 aliphatic carbocycles. The minimum atomic E-state index is -0.269. The van der Waals surface area contributed by atoms with Crippen LogP contribution < -0.4 is 20.7 Å². The number of nitrogens with zero attached hydrogens (tertiary/aromatic N) is 1. The van der Waals surface area contributed by atoms with Crippen LogP contribution in [0, 0.1) is 17.1 Å². The van der Waals surface area contributed by atoms with Gasteiger partial charge in [-0.3, -0.25) is 0 Å². The first kappa shape index (κ1) is 38.0. The van der Waals surface area contributed by atoms with Gasteiger partial charge < -0.3 is 31.0 Å². The number of anilines is 1. The maximum atomic E-state index is 15.6. The smallest absolute Gasteiger partial charge is 0.128 e. The summed E-state index contributed by atoms with van der Waals surface area (Å²) in [6, 6.07) is 24.4. The minimum absolute atomic E-state index is 0.227. The zero-order chi connectivity index (χ0) is 36.7. The summed E-state index contributed by atoms with van der Waals surface area (Å²) >= 11 is 7.13. The first-order valence-corrected chi connectivity index (χ1v) is 19.3. The summed E-state index contributed by atoms with van der Waals surface area (Å²) in [6.07, 6.45) is 10.3. The summed E-state index contributed by atoms with van der Waals surface area (Å²) in [5.41, 5.74) is 7.89. The van der Waals surface area contributed by atoms with Crippen molar-refractivity contribution >= 4 is 23.5 Å². The fourth-order valence-corrected chi connectivity index (χ4v) is 8.43. The second-order valence-corrected chi connectivity index (χ2v) is 15.9. The Balaban J connectivity index is 1.13. The van der Waals surface area contributed by atoms with Gasteiger partial charge in [0, 0.05) is 84.0 Å². The Morgan fingerprint density at radius 2 is 1.67 bits per heavy atom. The Morgan fingerprint density at radius 3 is 2.38 bits per heavy atom. The average molecular weight is 724 g/mol. The van der Waals surface area contributed by atoms with Crippen LogP contribution in [0.2, 0.25) is 5.02 Å². The predicted molar refractivity (Wildman–Crippen MR) is 215 cm³/mol. The second-order valence-electron chi connectivity index (χ2n) is 15.5. The SMILES string of the molecule is COc1cc(CNc2cccc(-c3cccc(-c4ccc(CNCC5CCC(C)(C)N5)cc4)c3Cl)c2C=N)c(F)cc1CN(C)CC1CCCCC1. The van der Waals surface area contributed by atoms with E-state index in [1.54, 1.807) is 19.2 Å². The third-order valence-corrected chi connectivity index (χ3v) is 11.3. The number of nitrogens with one attached hydrogen (secondary N) is 4. The average Bonchev–Trinajstić information content (AvgIpc) is 3.49. The maximum absolute atomic E-state index is 15.6. The molecule has 6 rings (SSSR count). The molecule has 1 heterocycles. The molecule has 0 spiro atoms. The third kappa shape index (κ3) is 9.42. The Hall–Kier alpha value is -3.75. The van der Waals surface area contributed by atoms with Gasteiger partial charge in [0.1, 0.15) is 11.6 Å². The van der Waals surface area contributed by atoms with E-state index in [9.17, 15) is 0 Å². The number of benzene rings is 4. The zero-order valence-electron chi connectivity index (χ0n) is 31.3. The number of methoxy groups -OCH3 is 1. The summed E-state index contributed by atoms with van der Waals surface area (Å²) in [5.74, 6) is 1.13. The number of ether oxygens (including phenoxy) is 1. The lowest BCUT2D eigenvalue weighted by Gasteiger charge is -2.27. The van der Waals surface area contributed by atoms with Crippen molar-refractivity contribution in [3.05, 3.63) is 106 Å². The molecule has 0 radical (unpaired) electrons. The highest BCUT2D eigenvalue weighted by Crippen LogP contribution is 2.39. The summed E-state index contributed by atoms with van der Waals surface area (Å²) in [4.78, 5) is 2.29. The van der Waals surface area contributed by atoms with Gasteiger partial charge in [0.15, 0.2) is 0 Å². The molecule has 6 nitrogen and oxygen atoms in total. The van der Waals surface area contributed by atoms with Crippen molar-refractivity contribution in [1.82, 2.24) is 15.5 Å². The molecule has 1 unspecified atom stereocenters. The predicted octanol–water partition coefficient (Wildman–Crippen LogP) is 10.1. The normalized spacial score (nSPS) is 17.4. The Kier molecular flexibility index (Phi) is 12.7. The van der Waals surface area contributed by atoms with Crippen LogP contribution in [0.5, 0.6) is 5.75 Å². The van der Waals surface area contributed by atoms with Gasteiger partial charge >= 0.3 is 0 Å². The Bertz CT molecular complexity index is 1820. The zero-order valence-corrected chi connectivity index (χ0v) is 32.0. The van der Waals surface area contributed by atoms with E-state index in [-0.39, 0.29) is 17.9 Å². The monoisotopic (exact) mass is 723 g/mol. The van der Waals surface area contributed by atoms with Crippen molar-refractivity contribution in [2.24, 2.45) is 5.92 Å². The highest BCUT2D eigenvalue weighted by atomic mass is 35.5. The lowest BCUT2D eigenvalue weighted by Crippen LogP contribution is -2.42. The van der Waals surface area contributed by atoms with E-state index in [4.69, 9.17) is 21.7 Å². The fraction of sp³-hybridized carbons (Fsp3) is 0.432. The van der Waals surface area contributed by atoms with E-state index >= 15 is 4.39 Å². The first-order chi connectivity index (χ1) is 25.1. The number of rotatable bonds is 15. The molecular weight excluding hydrogens is 669 g/mol. The molecule has 1 saturated heterocycles. The van der Waals surface area contributed by atoms with Crippen LogP contribution >= 0.6 is 11.6 Å². The highest BCUT2D eigenvalue weighted by Gasteiger charge is 2.29. The van der Waals surface area contributed by atoms with E-state index in [0.29, 0.717) is 40.4 Å². The molecule has 276 valence electrons. The van der Waals surface area contributed by atoms with Gasteiger partial charge in [-0.05, 0) is 87.4 Å². The van der Waals surface area contributed by atoms with Crippen LogP contribution in [-0.4, -0.2) is 49.9 Å². The Morgan fingerprint density at radius 1 is 0.942 bits per heavy atom. The van der Waals surface area contributed by atoms with Gasteiger partial charge in [-0.15, -0.1) is 0 Å². The number of halogens is 2. The first-order valence-electron chi connectivity index (χ1n) is 18.9. The number of hydrogen-bond acceptors (Lipinski definition) is 6. The molecule has 4 aromatic rings. The minimum Gasteiger partial charge on any atom is -0.496 e. The van der Waals surface area contributed by atoms with Crippen LogP contribution in [0.25, 0.3) is 22.3 Å². The standard InChI is InChI=1S/C44H55ClFN5O/c1-44(2)21-20-35(50-44)27-48-25-30-16-18-32(19-17-30)36-12-8-14-38(43(36)45)37-13-9-15-41(39(37)24-47)49-26-33-23-42(52-4)34(22-40(33)46)29-51(3)28-31-10-6-5-7-11-31/h8-9,12-19,22-24,31,35,47-50H,5-7,10-11,20-21,25-29H2,1-4H3. The third-order valence-electron chi connectivity index (χ3n) is 10.9. The molecule has 4 N–H and O–H groups in total. The van der Waals surface area contributed by atoms with Gasteiger partial charge in [-0.1, -0.05) is 85.5 Å². The number of hydrogen-bond donors (Lipinski definition) is 4. The van der Waals surface area contributed by atoms with Crippen molar-refractivity contribution < 1.29 is 9.13 Å². The quantitative estimate of drug-likeness (QED) is 0.0920. The van der Waals surface area contributed by atoms with Crippen LogP contribution in [0.1, 0.15) is 81.0 Å². The van der Waals surface area contributed by atoms with Crippen molar-refractivity contribution in [2.75, 3.05) is 32.6 Å². The Labute approximate surface area is 315 Å². The van der Waals surface area contributed by atoms with Crippen molar-refractivity contribution in [1.29, 1.82) is 5.41 Å². The molecule has 0 bridgehead atoms. The van der Waals surface area contributed by atoms with Crippen molar-refractivity contribution in [3.63, 3.8) is 0 Å². The molecule has 0 aromatic heterocycles. The molecule has 8 heteroatoms. The van der Waals surface area contributed by atoms with Crippen LogP contribution in [0.4, 0.5) is 10.1 Å². The molecular formula is C44H55ClFN5O. The summed E-state index contributed by atoms with van der Waals surface area (Å²) < 4.78 is 21.3. The highest BCUT2D eigenvalue weighted by molar-refractivity contribution is 6.36. The molecule has 0 amide bonds. The fourth-order valence-electron chi connectivity index (χ4n) is 8.09. The van der Waals surface area contributed by atoms with Gasteiger partial charge in [0.05, 0.1) is 12.1 Å². The molecule has 2 aliphatic rings. The molecule has 1 atom stereocenters. The van der Waals surface area contributed by atoms with Gasteiger partial charge in [-0.25, -0.2) is 4.39 Å².